The lowest BCUT2D eigenvalue weighted by molar-refractivity contribution is 0.0524. The Balaban J connectivity index is 2.44. The summed E-state index contributed by atoms with van der Waals surface area (Å²) >= 11 is 0. The highest BCUT2D eigenvalue weighted by atomic mass is 16.6. The summed E-state index contributed by atoms with van der Waals surface area (Å²) in [6.45, 7) is 8.05. The van der Waals surface area contributed by atoms with E-state index in [1.807, 2.05) is 32.9 Å². The van der Waals surface area contributed by atoms with Crippen LogP contribution in [0.1, 0.15) is 38.8 Å². The molecule has 0 aliphatic heterocycles. The van der Waals surface area contributed by atoms with Gasteiger partial charge in [-0.2, -0.15) is 0 Å². The molecule has 0 radical (unpaired) electrons. The van der Waals surface area contributed by atoms with Gasteiger partial charge in [-0.1, -0.05) is 31.2 Å². The fourth-order valence-electron chi connectivity index (χ4n) is 1.98. The minimum atomic E-state index is -0.483. The quantitative estimate of drug-likeness (QED) is 0.870. The van der Waals surface area contributed by atoms with E-state index in [0.717, 1.165) is 12.8 Å². The normalized spacial score (nSPS) is 12.8. The number of aryl methyl sites for hydroxylation is 1. The predicted octanol–water partition coefficient (Wildman–Crippen LogP) is 2.64. The Morgan fingerprint density at radius 1 is 1.30 bits per heavy atom. The van der Waals surface area contributed by atoms with E-state index in [1.54, 1.807) is 0 Å². The molecule has 1 rings (SSSR count). The molecule has 1 aromatic carbocycles. The Kier molecular flexibility index (Phi) is 6.02. The summed E-state index contributed by atoms with van der Waals surface area (Å²) in [7, 11) is 0. The van der Waals surface area contributed by atoms with Gasteiger partial charge in [-0.25, -0.2) is 4.79 Å². The molecule has 0 aliphatic rings. The van der Waals surface area contributed by atoms with Crippen LogP contribution in [0.25, 0.3) is 0 Å². The van der Waals surface area contributed by atoms with Gasteiger partial charge >= 0.3 is 6.09 Å². The number of hydrogen-bond acceptors (Lipinski definition) is 3. The summed E-state index contributed by atoms with van der Waals surface area (Å²) in [5.74, 6) is 0. The molecule has 0 fully saturated rings. The van der Waals surface area contributed by atoms with Crippen LogP contribution in [0, 0.1) is 0 Å². The van der Waals surface area contributed by atoms with Crippen molar-refractivity contribution in [2.45, 2.75) is 52.2 Å². The van der Waals surface area contributed by atoms with Gasteiger partial charge in [0.15, 0.2) is 0 Å². The molecule has 1 atom stereocenters. The number of benzene rings is 1. The van der Waals surface area contributed by atoms with E-state index in [0.29, 0.717) is 6.54 Å². The van der Waals surface area contributed by atoms with Crippen molar-refractivity contribution in [3.05, 3.63) is 35.4 Å². The summed E-state index contributed by atoms with van der Waals surface area (Å²) in [6, 6.07) is 8.14. The number of nitrogens with two attached hydrogens (primary N) is 1. The molecule has 0 aliphatic carbocycles. The van der Waals surface area contributed by atoms with Gasteiger partial charge in [0.05, 0.1) is 0 Å². The second-order valence-corrected chi connectivity index (χ2v) is 5.97. The summed E-state index contributed by atoms with van der Waals surface area (Å²) in [5.41, 5.74) is 8.14. The molecule has 0 spiro atoms. The minimum absolute atomic E-state index is 0.116. The number of carbonyl (C=O) groups is 1. The Morgan fingerprint density at radius 3 is 2.45 bits per heavy atom. The number of rotatable bonds is 5. The molecule has 1 aromatic rings. The summed E-state index contributed by atoms with van der Waals surface area (Å²) in [6.07, 6.45) is 1.32. The zero-order valence-corrected chi connectivity index (χ0v) is 12.9. The van der Waals surface area contributed by atoms with Crippen LogP contribution in [0.15, 0.2) is 24.3 Å². The molecule has 4 nitrogen and oxygen atoms in total. The van der Waals surface area contributed by atoms with Crippen LogP contribution >= 0.6 is 0 Å². The van der Waals surface area contributed by atoms with Crippen molar-refractivity contribution in [2.75, 3.05) is 6.54 Å². The molecule has 0 bridgehead atoms. The molecule has 0 heterocycles. The lowest BCUT2D eigenvalue weighted by Crippen LogP contribution is -2.41. The topological polar surface area (TPSA) is 64.3 Å². The molecule has 4 heteroatoms. The third-order valence-corrected chi connectivity index (χ3v) is 2.89. The summed E-state index contributed by atoms with van der Waals surface area (Å²) < 4.78 is 5.18. The van der Waals surface area contributed by atoms with Gasteiger partial charge in [-0.05, 0) is 44.7 Å². The van der Waals surface area contributed by atoms with E-state index in [4.69, 9.17) is 10.5 Å². The van der Waals surface area contributed by atoms with Gasteiger partial charge in [0, 0.05) is 12.6 Å². The molecule has 3 N–H and O–H groups in total. The van der Waals surface area contributed by atoms with Crippen molar-refractivity contribution in [1.82, 2.24) is 5.32 Å². The van der Waals surface area contributed by atoms with Crippen LogP contribution in [-0.4, -0.2) is 24.3 Å². The Bertz CT molecular complexity index is 438. The summed E-state index contributed by atoms with van der Waals surface area (Å²) in [5, 5.41) is 2.71. The van der Waals surface area contributed by atoms with E-state index in [1.165, 1.54) is 11.1 Å². The molecular weight excluding hydrogens is 252 g/mol. The Morgan fingerprint density at radius 2 is 1.90 bits per heavy atom. The van der Waals surface area contributed by atoms with Crippen LogP contribution in [0.2, 0.25) is 0 Å². The first kappa shape index (κ1) is 16.5. The van der Waals surface area contributed by atoms with Crippen molar-refractivity contribution in [2.24, 2.45) is 5.73 Å². The van der Waals surface area contributed by atoms with E-state index in [2.05, 4.69) is 24.4 Å². The number of alkyl carbamates (subject to hydrolysis) is 1. The zero-order chi connectivity index (χ0) is 15.2. The average molecular weight is 278 g/mol. The Labute approximate surface area is 121 Å². The first-order valence-corrected chi connectivity index (χ1v) is 7.11. The number of hydrogen-bond donors (Lipinski definition) is 2. The minimum Gasteiger partial charge on any atom is -0.444 e. The Hall–Kier alpha value is -1.55. The smallest absolute Gasteiger partial charge is 0.407 e. The van der Waals surface area contributed by atoms with Crippen LogP contribution < -0.4 is 11.1 Å². The number of amides is 1. The summed E-state index contributed by atoms with van der Waals surface area (Å²) in [4.78, 5) is 11.5. The predicted molar refractivity (Wildman–Crippen MR) is 81.7 cm³/mol. The maximum Gasteiger partial charge on any atom is 0.407 e. The van der Waals surface area contributed by atoms with Gasteiger partial charge in [0.1, 0.15) is 5.60 Å². The first-order valence-electron chi connectivity index (χ1n) is 7.11. The highest BCUT2D eigenvalue weighted by Gasteiger charge is 2.16. The highest BCUT2D eigenvalue weighted by molar-refractivity contribution is 5.67. The molecule has 20 heavy (non-hydrogen) atoms. The fourth-order valence-corrected chi connectivity index (χ4v) is 1.98. The third-order valence-electron chi connectivity index (χ3n) is 2.89. The lowest BCUT2D eigenvalue weighted by Gasteiger charge is -2.21. The van der Waals surface area contributed by atoms with Gasteiger partial charge in [0.25, 0.3) is 0 Å². The number of nitrogens with one attached hydrogen (secondary N) is 1. The van der Waals surface area contributed by atoms with E-state index < -0.39 is 11.7 Å². The monoisotopic (exact) mass is 278 g/mol. The van der Waals surface area contributed by atoms with Gasteiger partial charge < -0.3 is 15.8 Å². The SMILES string of the molecule is CCc1ccccc1CC(N)CNC(=O)OC(C)(C)C. The van der Waals surface area contributed by atoms with Crippen LogP contribution in [-0.2, 0) is 17.6 Å². The second-order valence-electron chi connectivity index (χ2n) is 5.97. The van der Waals surface area contributed by atoms with E-state index in [-0.39, 0.29) is 6.04 Å². The molecule has 0 aromatic heterocycles. The van der Waals surface area contributed by atoms with Gasteiger partial charge in [0.2, 0.25) is 0 Å². The van der Waals surface area contributed by atoms with E-state index >= 15 is 0 Å². The highest BCUT2D eigenvalue weighted by Crippen LogP contribution is 2.11. The van der Waals surface area contributed by atoms with Crippen molar-refractivity contribution >= 4 is 6.09 Å². The largest absolute Gasteiger partial charge is 0.444 e. The van der Waals surface area contributed by atoms with Crippen LogP contribution in [0.5, 0.6) is 0 Å². The van der Waals surface area contributed by atoms with Crippen molar-refractivity contribution in [3.63, 3.8) is 0 Å². The molecule has 0 saturated heterocycles. The first-order chi connectivity index (χ1) is 9.31. The zero-order valence-electron chi connectivity index (χ0n) is 12.9. The van der Waals surface area contributed by atoms with Crippen LogP contribution in [0.4, 0.5) is 4.79 Å². The average Bonchev–Trinajstić information content (AvgIpc) is 2.35. The number of ether oxygens (including phenoxy) is 1. The van der Waals surface area contributed by atoms with Gasteiger partial charge in [-0.3, -0.25) is 0 Å². The maximum absolute atomic E-state index is 11.5. The standard InChI is InChI=1S/C16H26N2O2/c1-5-12-8-6-7-9-13(12)10-14(17)11-18-15(19)20-16(2,3)4/h6-9,14H,5,10-11,17H2,1-4H3,(H,18,19). The molecular formula is C16H26N2O2. The van der Waals surface area contributed by atoms with Crippen molar-refractivity contribution in [1.29, 1.82) is 0 Å². The maximum atomic E-state index is 11.5. The van der Waals surface area contributed by atoms with Crippen LogP contribution in [0.3, 0.4) is 0 Å². The fraction of sp³-hybridized carbons (Fsp3) is 0.562. The third kappa shape index (κ3) is 6.06. The van der Waals surface area contributed by atoms with Crippen molar-refractivity contribution < 1.29 is 9.53 Å². The van der Waals surface area contributed by atoms with E-state index in [9.17, 15) is 4.79 Å². The lowest BCUT2D eigenvalue weighted by atomic mass is 9.99. The molecule has 112 valence electrons. The second kappa shape index (κ2) is 7.29. The van der Waals surface area contributed by atoms with Gasteiger partial charge in [-0.15, -0.1) is 0 Å². The molecule has 1 amide bonds. The number of carbonyl (C=O) groups excluding carboxylic acids is 1. The molecule has 1 unspecified atom stereocenters. The van der Waals surface area contributed by atoms with Crippen molar-refractivity contribution in [3.8, 4) is 0 Å². The molecule has 0 saturated carbocycles.